The van der Waals surface area contributed by atoms with Crippen molar-refractivity contribution in [1.82, 2.24) is 4.90 Å². The van der Waals surface area contributed by atoms with Crippen LogP contribution in [0.4, 0.5) is 10.1 Å². The van der Waals surface area contributed by atoms with E-state index in [0.29, 0.717) is 6.54 Å². The minimum Gasteiger partial charge on any atom is -0.494 e. The summed E-state index contributed by atoms with van der Waals surface area (Å²) in [6.07, 6.45) is 4.37. The molecular weight excluding hydrogens is 478 g/mol. The molecule has 1 N–H and O–H groups in total. The molecule has 192 valence electrons. The summed E-state index contributed by atoms with van der Waals surface area (Å²) in [5, 5.41) is 11.1. The molecule has 2 aromatic carbocycles. The molecule has 5 nitrogen and oxygen atoms in total. The molecule has 0 unspecified atom stereocenters. The zero-order chi connectivity index (χ0) is 23.0. The van der Waals surface area contributed by atoms with Crippen LogP contribution in [-0.2, 0) is 6.54 Å². The van der Waals surface area contributed by atoms with Crippen molar-refractivity contribution in [3.8, 4) is 11.5 Å². The summed E-state index contributed by atoms with van der Waals surface area (Å²) in [7, 11) is 3.53. The molecule has 0 amide bonds. The molecule has 0 atom stereocenters. The zero-order valence-electron chi connectivity index (χ0n) is 20.5. The Balaban J connectivity index is 0.00000289. The molecule has 8 heteroatoms. The Kier molecular flexibility index (Phi) is 13.0. The third-order valence-corrected chi connectivity index (χ3v) is 6.37. The second kappa shape index (κ2) is 14.6. The number of ether oxygens (including phenoxy) is 2. The van der Waals surface area contributed by atoms with Crippen molar-refractivity contribution in [3.63, 3.8) is 0 Å². The molecule has 0 bridgehead atoms. The third-order valence-electron chi connectivity index (χ3n) is 6.37. The molecule has 0 saturated carbocycles. The Labute approximate surface area is 216 Å². The van der Waals surface area contributed by atoms with Gasteiger partial charge in [-0.15, -0.1) is 24.8 Å². The third kappa shape index (κ3) is 8.81. The molecule has 1 saturated heterocycles. The lowest BCUT2D eigenvalue weighted by Gasteiger charge is -2.39. The molecule has 2 aromatic rings. The van der Waals surface area contributed by atoms with Crippen LogP contribution >= 0.6 is 24.8 Å². The fraction of sp³-hybridized carbons (Fsp3) is 0.538. The van der Waals surface area contributed by atoms with E-state index < -0.39 is 5.60 Å². The molecule has 1 aliphatic heterocycles. The minimum atomic E-state index is -0.654. The molecule has 1 heterocycles. The van der Waals surface area contributed by atoms with Crippen LogP contribution in [0.1, 0.15) is 44.6 Å². The lowest BCUT2D eigenvalue weighted by Crippen LogP contribution is -2.45. The smallest absolute Gasteiger partial charge is 0.165 e. The van der Waals surface area contributed by atoms with Crippen LogP contribution in [0.3, 0.4) is 0 Å². The lowest BCUT2D eigenvalue weighted by molar-refractivity contribution is -0.0275. The fourth-order valence-electron chi connectivity index (χ4n) is 4.08. The maximum Gasteiger partial charge on any atom is 0.165 e. The number of hydrogen-bond acceptors (Lipinski definition) is 5. The fourth-order valence-corrected chi connectivity index (χ4v) is 4.08. The Bertz CT molecular complexity index is 846. The van der Waals surface area contributed by atoms with Crippen LogP contribution in [0.2, 0.25) is 0 Å². The number of halogens is 3. The first kappa shape index (κ1) is 30.3. The highest BCUT2D eigenvalue weighted by Crippen LogP contribution is 2.28. The van der Waals surface area contributed by atoms with E-state index in [1.165, 1.54) is 13.2 Å². The first-order valence-corrected chi connectivity index (χ1v) is 11.6. The number of hydrogen-bond donors (Lipinski definition) is 1. The van der Waals surface area contributed by atoms with Crippen LogP contribution in [0.15, 0.2) is 42.5 Å². The monoisotopic (exact) mass is 516 g/mol. The van der Waals surface area contributed by atoms with E-state index in [1.807, 2.05) is 18.2 Å². The van der Waals surface area contributed by atoms with Crippen LogP contribution in [0.5, 0.6) is 11.5 Å². The number of nitrogens with zero attached hydrogens (tertiary/aromatic N) is 2. The highest BCUT2D eigenvalue weighted by Gasteiger charge is 2.32. The summed E-state index contributed by atoms with van der Waals surface area (Å²) in [6.45, 7) is 5.99. The van der Waals surface area contributed by atoms with Gasteiger partial charge in [-0.05, 0) is 67.6 Å². The van der Waals surface area contributed by atoms with Crippen molar-refractivity contribution in [3.05, 3.63) is 53.8 Å². The molecule has 1 fully saturated rings. The van der Waals surface area contributed by atoms with E-state index in [9.17, 15) is 9.50 Å². The number of piperidine rings is 1. The second-order valence-corrected chi connectivity index (χ2v) is 8.84. The summed E-state index contributed by atoms with van der Waals surface area (Å²) in [5.74, 6) is 0.838. The quantitative estimate of drug-likeness (QED) is 0.387. The second-order valence-electron chi connectivity index (χ2n) is 8.84. The number of methoxy groups -OCH3 is 1. The predicted molar refractivity (Wildman–Crippen MR) is 142 cm³/mol. The number of anilines is 1. The van der Waals surface area contributed by atoms with Gasteiger partial charge in [0.05, 0.1) is 19.3 Å². The molecule has 0 aliphatic carbocycles. The number of unbranched alkanes of at least 4 members (excludes halogenated alkanes) is 1. The normalized spacial score (nSPS) is 15.1. The molecule has 0 aromatic heterocycles. The molecule has 34 heavy (non-hydrogen) atoms. The van der Waals surface area contributed by atoms with Gasteiger partial charge < -0.3 is 19.5 Å². The highest BCUT2D eigenvalue weighted by atomic mass is 35.5. The van der Waals surface area contributed by atoms with Crippen molar-refractivity contribution < 1.29 is 19.0 Å². The van der Waals surface area contributed by atoms with Crippen molar-refractivity contribution in [2.24, 2.45) is 0 Å². The SMILES string of the molecule is CCCCOc1ccc(N(C)CCC2(O)CCN(Cc3ccc(OC)c(F)c3)CC2)cc1.Cl.Cl. The van der Waals surface area contributed by atoms with E-state index in [0.717, 1.165) is 75.3 Å². The van der Waals surface area contributed by atoms with Gasteiger partial charge in [0, 0.05) is 38.9 Å². The molecular formula is C26H39Cl2FN2O3. The molecule has 0 radical (unpaired) electrons. The van der Waals surface area contributed by atoms with Crippen molar-refractivity contribution in [1.29, 1.82) is 0 Å². The number of likely N-dealkylation sites (tertiary alicyclic amines) is 1. The highest BCUT2D eigenvalue weighted by molar-refractivity contribution is 5.85. The van der Waals surface area contributed by atoms with Crippen molar-refractivity contribution in [2.45, 2.75) is 51.2 Å². The van der Waals surface area contributed by atoms with E-state index >= 15 is 0 Å². The Morgan fingerprint density at radius 3 is 2.35 bits per heavy atom. The number of rotatable bonds is 11. The first-order valence-electron chi connectivity index (χ1n) is 11.6. The van der Waals surface area contributed by atoms with Gasteiger partial charge >= 0.3 is 0 Å². The Hall–Kier alpha value is -1.73. The maximum atomic E-state index is 13.9. The van der Waals surface area contributed by atoms with E-state index in [2.05, 4.69) is 35.9 Å². The predicted octanol–water partition coefficient (Wildman–Crippen LogP) is 5.71. The number of benzene rings is 2. The van der Waals surface area contributed by atoms with Gasteiger partial charge in [0.25, 0.3) is 0 Å². The van der Waals surface area contributed by atoms with Gasteiger partial charge in [0.1, 0.15) is 5.75 Å². The number of aliphatic hydroxyl groups is 1. The van der Waals surface area contributed by atoms with Crippen molar-refractivity contribution >= 4 is 30.5 Å². The largest absolute Gasteiger partial charge is 0.494 e. The van der Waals surface area contributed by atoms with Gasteiger partial charge in [-0.2, -0.15) is 0 Å². The maximum absolute atomic E-state index is 13.9. The molecule has 3 rings (SSSR count). The van der Waals surface area contributed by atoms with Gasteiger partial charge in [0.15, 0.2) is 11.6 Å². The van der Waals surface area contributed by atoms with Crippen LogP contribution < -0.4 is 14.4 Å². The van der Waals surface area contributed by atoms with Gasteiger partial charge in [-0.25, -0.2) is 4.39 Å². The Morgan fingerprint density at radius 2 is 1.76 bits per heavy atom. The Morgan fingerprint density at radius 1 is 1.09 bits per heavy atom. The van der Waals surface area contributed by atoms with Crippen LogP contribution in [-0.4, -0.2) is 56.0 Å². The molecule has 1 aliphatic rings. The first-order chi connectivity index (χ1) is 15.4. The lowest BCUT2D eigenvalue weighted by atomic mass is 9.88. The van der Waals surface area contributed by atoms with E-state index in [4.69, 9.17) is 9.47 Å². The van der Waals surface area contributed by atoms with Crippen LogP contribution in [0, 0.1) is 5.82 Å². The van der Waals surface area contributed by atoms with Crippen molar-refractivity contribution in [2.75, 3.05) is 45.3 Å². The average molecular weight is 518 g/mol. The standard InChI is InChI=1S/C26H37FN2O3.2ClH/c1-4-5-18-32-23-9-7-22(8-10-23)28(2)15-12-26(30)13-16-29(17-14-26)20-21-6-11-25(31-3)24(27)19-21;;/h6-11,19,30H,4-5,12-18,20H2,1-3H3;2*1H. The van der Waals surface area contributed by atoms with Crippen LogP contribution in [0.25, 0.3) is 0 Å². The van der Waals surface area contributed by atoms with Gasteiger partial charge in [-0.1, -0.05) is 19.4 Å². The van der Waals surface area contributed by atoms with E-state index in [-0.39, 0.29) is 36.4 Å². The zero-order valence-corrected chi connectivity index (χ0v) is 22.1. The summed E-state index contributed by atoms with van der Waals surface area (Å²) < 4.78 is 24.7. The minimum absolute atomic E-state index is 0. The summed E-state index contributed by atoms with van der Waals surface area (Å²) in [4.78, 5) is 4.46. The molecule has 0 spiro atoms. The topological polar surface area (TPSA) is 45.2 Å². The summed E-state index contributed by atoms with van der Waals surface area (Å²) in [5.41, 5.74) is 1.39. The summed E-state index contributed by atoms with van der Waals surface area (Å²) in [6, 6.07) is 13.3. The van der Waals surface area contributed by atoms with E-state index in [1.54, 1.807) is 6.07 Å². The van der Waals surface area contributed by atoms with Gasteiger partial charge in [-0.3, -0.25) is 4.90 Å². The summed E-state index contributed by atoms with van der Waals surface area (Å²) >= 11 is 0. The average Bonchev–Trinajstić information content (AvgIpc) is 2.80. The van der Waals surface area contributed by atoms with Gasteiger partial charge in [0.2, 0.25) is 0 Å².